The van der Waals surface area contributed by atoms with Gasteiger partial charge in [-0.3, -0.25) is 0 Å². The van der Waals surface area contributed by atoms with E-state index in [1.165, 1.54) is 12.1 Å². The van der Waals surface area contributed by atoms with E-state index in [-0.39, 0.29) is 5.82 Å². The van der Waals surface area contributed by atoms with Crippen LogP contribution in [-0.4, -0.2) is 11.7 Å². The highest BCUT2D eigenvalue weighted by atomic mass is 19.1. The summed E-state index contributed by atoms with van der Waals surface area (Å²) in [5.74, 6) is 0.549. The monoisotopic (exact) mass is 270 g/mol. The Balaban J connectivity index is 2.00. The van der Waals surface area contributed by atoms with Gasteiger partial charge in [0, 0.05) is 29.3 Å². The number of nitrogens with zero attached hydrogens (tertiary/aromatic N) is 1. The SMILES string of the molecule is COc1ccc2c(ccn2Cc2cc(F)ccc2N)c1. The minimum Gasteiger partial charge on any atom is -0.497 e. The average Bonchev–Trinajstić information content (AvgIpc) is 2.85. The summed E-state index contributed by atoms with van der Waals surface area (Å²) in [6, 6.07) is 12.3. The lowest BCUT2D eigenvalue weighted by Crippen LogP contribution is -2.02. The van der Waals surface area contributed by atoms with Gasteiger partial charge in [0.2, 0.25) is 0 Å². The largest absolute Gasteiger partial charge is 0.497 e. The molecule has 0 aliphatic rings. The first kappa shape index (κ1) is 12.5. The molecular formula is C16H15FN2O. The Morgan fingerprint density at radius 3 is 2.80 bits per heavy atom. The maximum absolute atomic E-state index is 13.3. The zero-order valence-corrected chi connectivity index (χ0v) is 11.1. The second-order valence-corrected chi connectivity index (χ2v) is 4.71. The number of benzene rings is 2. The molecule has 20 heavy (non-hydrogen) atoms. The molecule has 0 saturated carbocycles. The molecule has 0 spiro atoms. The molecule has 0 radical (unpaired) electrons. The number of fused-ring (bicyclic) bond motifs is 1. The molecule has 2 aromatic carbocycles. The molecule has 0 aliphatic carbocycles. The normalized spacial score (nSPS) is 10.9. The fourth-order valence-corrected chi connectivity index (χ4v) is 2.34. The molecule has 0 saturated heterocycles. The van der Waals surface area contributed by atoms with Crippen molar-refractivity contribution in [1.82, 2.24) is 4.57 Å². The summed E-state index contributed by atoms with van der Waals surface area (Å²) in [6.45, 7) is 0.541. The second kappa shape index (κ2) is 4.89. The zero-order valence-electron chi connectivity index (χ0n) is 11.1. The quantitative estimate of drug-likeness (QED) is 0.741. The molecule has 0 fully saturated rings. The van der Waals surface area contributed by atoms with Crippen LogP contribution in [0.1, 0.15) is 5.56 Å². The highest BCUT2D eigenvalue weighted by Gasteiger charge is 2.06. The molecule has 3 nitrogen and oxygen atoms in total. The second-order valence-electron chi connectivity index (χ2n) is 4.71. The minimum atomic E-state index is -0.271. The predicted octanol–water partition coefficient (Wildman–Crippen LogP) is 3.42. The lowest BCUT2D eigenvalue weighted by atomic mass is 10.1. The van der Waals surface area contributed by atoms with Crippen molar-refractivity contribution in [2.75, 3.05) is 12.8 Å². The van der Waals surface area contributed by atoms with Crippen LogP contribution in [0.25, 0.3) is 10.9 Å². The molecule has 2 N–H and O–H groups in total. The standard InChI is InChI=1S/C16H15FN2O/c1-20-14-3-5-16-11(9-14)6-7-19(16)10-12-8-13(17)2-4-15(12)18/h2-9H,10,18H2,1H3. The average molecular weight is 270 g/mol. The number of ether oxygens (including phenoxy) is 1. The maximum atomic E-state index is 13.3. The van der Waals surface area contributed by atoms with Crippen LogP contribution >= 0.6 is 0 Å². The lowest BCUT2D eigenvalue weighted by molar-refractivity contribution is 0.415. The highest BCUT2D eigenvalue weighted by molar-refractivity contribution is 5.81. The van der Waals surface area contributed by atoms with Crippen molar-refractivity contribution in [2.45, 2.75) is 6.54 Å². The van der Waals surface area contributed by atoms with Crippen molar-refractivity contribution in [3.05, 3.63) is 60.0 Å². The molecule has 0 bridgehead atoms. The number of aromatic nitrogens is 1. The van der Waals surface area contributed by atoms with E-state index in [2.05, 4.69) is 0 Å². The molecule has 4 heteroatoms. The molecule has 0 unspecified atom stereocenters. The molecule has 0 amide bonds. The van der Waals surface area contributed by atoms with Crippen LogP contribution < -0.4 is 10.5 Å². The van der Waals surface area contributed by atoms with E-state index in [9.17, 15) is 4.39 Å². The summed E-state index contributed by atoms with van der Waals surface area (Å²) >= 11 is 0. The van der Waals surface area contributed by atoms with Gasteiger partial charge in [-0.15, -0.1) is 0 Å². The van der Waals surface area contributed by atoms with Crippen LogP contribution in [0.2, 0.25) is 0 Å². The van der Waals surface area contributed by atoms with Crippen molar-refractivity contribution in [3.8, 4) is 5.75 Å². The Kier molecular flexibility index (Phi) is 3.06. The fraction of sp³-hybridized carbons (Fsp3) is 0.125. The predicted molar refractivity (Wildman–Crippen MR) is 78.4 cm³/mol. The van der Waals surface area contributed by atoms with Gasteiger partial charge in [-0.2, -0.15) is 0 Å². The van der Waals surface area contributed by atoms with E-state index in [4.69, 9.17) is 10.5 Å². The lowest BCUT2D eigenvalue weighted by Gasteiger charge is -2.09. The van der Waals surface area contributed by atoms with Crippen molar-refractivity contribution >= 4 is 16.6 Å². The van der Waals surface area contributed by atoms with Gasteiger partial charge >= 0.3 is 0 Å². The Morgan fingerprint density at radius 2 is 2.00 bits per heavy atom. The van der Waals surface area contributed by atoms with Crippen molar-refractivity contribution < 1.29 is 9.13 Å². The first-order valence-corrected chi connectivity index (χ1v) is 6.34. The van der Waals surface area contributed by atoms with Gasteiger partial charge in [0.05, 0.1) is 7.11 Å². The van der Waals surface area contributed by atoms with Crippen LogP contribution in [0, 0.1) is 5.82 Å². The van der Waals surface area contributed by atoms with Gasteiger partial charge in [-0.05, 0) is 48.0 Å². The third-order valence-corrected chi connectivity index (χ3v) is 3.42. The molecule has 0 atom stereocenters. The van der Waals surface area contributed by atoms with Gasteiger partial charge < -0.3 is 15.0 Å². The van der Waals surface area contributed by atoms with Gasteiger partial charge in [-0.1, -0.05) is 0 Å². The van der Waals surface area contributed by atoms with Crippen LogP contribution in [0.3, 0.4) is 0 Å². The number of nitrogens with two attached hydrogens (primary N) is 1. The van der Waals surface area contributed by atoms with Gasteiger partial charge in [0.15, 0.2) is 0 Å². The van der Waals surface area contributed by atoms with Gasteiger partial charge in [0.1, 0.15) is 11.6 Å². The molecule has 3 aromatic rings. The van der Waals surface area contributed by atoms with E-state index in [0.717, 1.165) is 22.2 Å². The molecule has 1 heterocycles. The first-order valence-electron chi connectivity index (χ1n) is 6.34. The van der Waals surface area contributed by atoms with E-state index in [0.29, 0.717) is 12.2 Å². The smallest absolute Gasteiger partial charge is 0.123 e. The molecule has 1 aromatic heterocycles. The van der Waals surface area contributed by atoms with Crippen LogP contribution in [0.5, 0.6) is 5.75 Å². The van der Waals surface area contributed by atoms with Crippen LogP contribution in [0.15, 0.2) is 48.7 Å². The van der Waals surface area contributed by atoms with E-state index in [1.807, 2.05) is 35.0 Å². The summed E-state index contributed by atoms with van der Waals surface area (Å²) in [5, 5.41) is 1.08. The molecule has 102 valence electrons. The summed E-state index contributed by atoms with van der Waals surface area (Å²) < 4.78 is 20.6. The third kappa shape index (κ3) is 2.20. The van der Waals surface area contributed by atoms with E-state index >= 15 is 0 Å². The Hall–Kier alpha value is -2.49. The molecule has 3 rings (SSSR count). The number of rotatable bonds is 3. The van der Waals surface area contributed by atoms with Gasteiger partial charge in [-0.25, -0.2) is 4.39 Å². The Bertz CT molecular complexity index is 764. The Labute approximate surface area is 116 Å². The zero-order chi connectivity index (χ0) is 14.1. The first-order chi connectivity index (χ1) is 9.67. The summed E-state index contributed by atoms with van der Waals surface area (Å²) in [4.78, 5) is 0. The minimum absolute atomic E-state index is 0.271. The number of anilines is 1. The summed E-state index contributed by atoms with van der Waals surface area (Å²) in [7, 11) is 1.64. The van der Waals surface area contributed by atoms with Crippen molar-refractivity contribution in [1.29, 1.82) is 0 Å². The molecular weight excluding hydrogens is 255 g/mol. The van der Waals surface area contributed by atoms with Crippen molar-refractivity contribution in [2.24, 2.45) is 0 Å². The maximum Gasteiger partial charge on any atom is 0.123 e. The fourth-order valence-electron chi connectivity index (χ4n) is 2.34. The van der Waals surface area contributed by atoms with Gasteiger partial charge in [0.25, 0.3) is 0 Å². The molecule has 0 aliphatic heterocycles. The topological polar surface area (TPSA) is 40.2 Å². The van der Waals surface area contributed by atoms with Crippen LogP contribution in [-0.2, 0) is 6.54 Å². The number of nitrogen functional groups attached to an aromatic ring is 1. The summed E-state index contributed by atoms with van der Waals surface area (Å²) in [6.07, 6.45) is 1.97. The number of hydrogen-bond acceptors (Lipinski definition) is 2. The Morgan fingerprint density at radius 1 is 1.15 bits per heavy atom. The highest BCUT2D eigenvalue weighted by Crippen LogP contribution is 2.24. The number of methoxy groups -OCH3 is 1. The van der Waals surface area contributed by atoms with Crippen LogP contribution in [0.4, 0.5) is 10.1 Å². The number of hydrogen-bond donors (Lipinski definition) is 1. The van der Waals surface area contributed by atoms with E-state index < -0.39 is 0 Å². The van der Waals surface area contributed by atoms with E-state index in [1.54, 1.807) is 13.2 Å². The third-order valence-electron chi connectivity index (χ3n) is 3.42. The summed E-state index contributed by atoms with van der Waals surface area (Å²) in [5.41, 5.74) is 8.34. The van der Waals surface area contributed by atoms with Crippen molar-refractivity contribution in [3.63, 3.8) is 0 Å². The number of halogens is 1.